The topological polar surface area (TPSA) is 81.7 Å². The van der Waals surface area contributed by atoms with Crippen LogP contribution in [-0.4, -0.2) is 61.2 Å². The molecule has 0 saturated heterocycles. The molecule has 28 heavy (non-hydrogen) atoms. The second-order valence-corrected chi connectivity index (χ2v) is 6.90. The first-order valence-electron chi connectivity index (χ1n) is 10.8. The van der Waals surface area contributed by atoms with Crippen LogP contribution in [0.2, 0.25) is 0 Å². The third kappa shape index (κ3) is 17.7. The molecule has 0 rings (SSSR count). The summed E-state index contributed by atoms with van der Waals surface area (Å²) in [7, 11) is 0. The molecule has 6 heteroatoms. The number of nitrogens with one attached hydrogen (secondary N) is 2. The molecular weight excluding hydrogens is 354 g/mol. The van der Waals surface area contributed by atoms with Gasteiger partial charge in [-0.1, -0.05) is 63.8 Å². The molecule has 162 valence electrons. The van der Waals surface area contributed by atoms with E-state index < -0.39 is 0 Å². The third-order valence-electron chi connectivity index (χ3n) is 4.31. The molecule has 0 aliphatic carbocycles. The molecule has 0 atom stereocenters. The summed E-state index contributed by atoms with van der Waals surface area (Å²) in [6, 6.07) is 0. The van der Waals surface area contributed by atoms with Crippen LogP contribution in [0.15, 0.2) is 24.3 Å². The van der Waals surface area contributed by atoms with Crippen molar-refractivity contribution in [1.29, 1.82) is 0 Å². The number of allylic oxidation sites excluding steroid dienone is 2. The zero-order chi connectivity index (χ0) is 20.9. The Labute approximate surface area is 171 Å². The van der Waals surface area contributed by atoms with Crippen molar-refractivity contribution < 1.29 is 14.7 Å². The predicted molar refractivity (Wildman–Crippen MR) is 116 cm³/mol. The zero-order valence-corrected chi connectivity index (χ0v) is 17.9. The van der Waals surface area contributed by atoms with Crippen LogP contribution in [0, 0.1) is 0 Å². The van der Waals surface area contributed by atoms with Crippen molar-refractivity contribution >= 4 is 11.8 Å². The average Bonchev–Trinajstić information content (AvgIpc) is 2.67. The second kappa shape index (κ2) is 20.1. The van der Waals surface area contributed by atoms with Gasteiger partial charge >= 0.3 is 0 Å². The lowest BCUT2D eigenvalue weighted by Crippen LogP contribution is -2.40. The SMILES string of the molecule is CCCC/C=C/CC(=O)NCCN(CCO)CCNC(=O)C/C=C/CCCC. The van der Waals surface area contributed by atoms with Crippen LogP contribution in [0.3, 0.4) is 0 Å². The highest BCUT2D eigenvalue weighted by Gasteiger charge is 2.06. The van der Waals surface area contributed by atoms with Gasteiger partial charge in [0.2, 0.25) is 11.8 Å². The summed E-state index contributed by atoms with van der Waals surface area (Å²) in [5.74, 6) is 0.0275. The Hall–Kier alpha value is -1.66. The fourth-order valence-electron chi connectivity index (χ4n) is 2.59. The Bertz CT molecular complexity index is 412. The maximum absolute atomic E-state index is 11.8. The van der Waals surface area contributed by atoms with Crippen LogP contribution >= 0.6 is 0 Å². The molecule has 0 aliphatic rings. The second-order valence-electron chi connectivity index (χ2n) is 6.90. The summed E-state index contributed by atoms with van der Waals surface area (Å²) in [6.45, 7) is 7.26. The molecule has 0 bridgehead atoms. The van der Waals surface area contributed by atoms with Gasteiger partial charge in [-0.15, -0.1) is 0 Å². The average molecular weight is 396 g/mol. The maximum atomic E-state index is 11.8. The van der Waals surface area contributed by atoms with E-state index in [9.17, 15) is 14.7 Å². The lowest BCUT2D eigenvalue weighted by molar-refractivity contribution is -0.120. The van der Waals surface area contributed by atoms with Gasteiger partial charge in [-0.25, -0.2) is 0 Å². The molecule has 0 fully saturated rings. The first-order chi connectivity index (χ1) is 13.6. The molecule has 0 saturated carbocycles. The monoisotopic (exact) mass is 395 g/mol. The highest BCUT2D eigenvalue weighted by molar-refractivity contribution is 5.77. The van der Waals surface area contributed by atoms with E-state index in [0.29, 0.717) is 45.6 Å². The molecule has 6 nitrogen and oxygen atoms in total. The van der Waals surface area contributed by atoms with E-state index in [1.54, 1.807) is 0 Å². The highest BCUT2D eigenvalue weighted by Crippen LogP contribution is 1.97. The molecule has 0 spiro atoms. The molecular formula is C22H41N3O3. The van der Waals surface area contributed by atoms with Crippen molar-refractivity contribution in [3.8, 4) is 0 Å². The van der Waals surface area contributed by atoms with Crippen molar-refractivity contribution in [1.82, 2.24) is 15.5 Å². The Morgan fingerprint density at radius 2 is 1.25 bits per heavy atom. The van der Waals surface area contributed by atoms with Gasteiger partial charge in [0, 0.05) is 45.6 Å². The minimum absolute atomic E-state index is 0.0138. The van der Waals surface area contributed by atoms with Crippen LogP contribution in [0.4, 0.5) is 0 Å². The van der Waals surface area contributed by atoms with Crippen molar-refractivity contribution in [2.75, 3.05) is 39.3 Å². The highest BCUT2D eigenvalue weighted by atomic mass is 16.3. The van der Waals surface area contributed by atoms with Gasteiger partial charge in [-0.2, -0.15) is 0 Å². The number of carbonyl (C=O) groups is 2. The minimum Gasteiger partial charge on any atom is -0.395 e. The number of amides is 2. The minimum atomic E-state index is 0.0138. The van der Waals surface area contributed by atoms with E-state index >= 15 is 0 Å². The molecule has 0 aromatic rings. The Morgan fingerprint density at radius 3 is 1.64 bits per heavy atom. The molecule has 0 heterocycles. The van der Waals surface area contributed by atoms with Crippen molar-refractivity contribution in [2.45, 2.75) is 65.2 Å². The summed E-state index contributed by atoms with van der Waals surface area (Å²) < 4.78 is 0. The van der Waals surface area contributed by atoms with Gasteiger partial charge in [-0.3, -0.25) is 14.5 Å². The molecule has 0 aromatic heterocycles. The first-order valence-corrected chi connectivity index (χ1v) is 10.8. The van der Waals surface area contributed by atoms with E-state index in [2.05, 4.69) is 36.6 Å². The number of nitrogens with zero attached hydrogens (tertiary/aromatic N) is 1. The summed E-state index contributed by atoms with van der Waals surface area (Å²) >= 11 is 0. The number of rotatable bonds is 18. The fourth-order valence-corrected chi connectivity index (χ4v) is 2.59. The van der Waals surface area contributed by atoms with Crippen LogP contribution in [0.1, 0.15) is 65.2 Å². The van der Waals surface area contributed by atoms with Gasteiger partial charge in [-0.05, 0) is 12.8 Å². The van der Waals surface area contributed by atoms with E-state index in [1.807, 2.05) is 17.1 Å². The summed E-state index contributed by atoms with van der Waals surface area (Å²) in [5.41, 5.74) is 0. The van der Waals surface area contributed by atoms with Crippen LogP contribution < -0.4 is 10.6 Å². The third-order valence-corrected chi connectivity index (χ3v) is 4.31. The van der Waals surface area contributed by atoms with E-state index in [1.165, 1.54) is 0 Å². The van der Waals surface area contributed by atoms with E-state index in [-0.39, 0.29) is 18.4 Å². The van der Waals surface area contributed by atoms with Gasteiger partial charge in [0.1, 0.15) is 0 Å². The zero-order valence-electron chi connectivity index (χ0n) is 17.9. The van der Waals surface area contributed by atoms with E-state index in [4.69, 9.17) is 0 Å². The lowest BCUT2D eigenvalue weighted by Gasteiger charge is -2.21. The molecule has 0 unspecified atom stereocenters. The van der Waals surface area contributed by atoms with Gasteiger partial charge < -0.3 is 15.7 Å². The summed E-state index contributed by atoms with van der Waals surface area (Å²) in [4.78, 5) is 25.6. The number of hydrogen-bond donors (Lipinski definition) is 3. The largest absolute Gasteiger partial charge is 0.395 e. The molecule has 0 aliphatic heterocycles. The van der Waals surface area contributed by atoms with Crippen molar-refractivity contribution in [2.24, 2.45) is 0 Å². The predicted octanol–water partition coefficient (Wildman–Crippen LogP) is 2.79. The Balaban J connectivity index is 3.90. The van der Waals surface area contributed by atoms with Crippen LogP contribution in [0.25, 0.3) is 0 Å². The van der Waals surface area contributed by atoms with Crippen molar-refractivity contribution in [3.05, 3.63) is 24.3 Å². The standard InChI is InChI=1S/C22H41N3O3/c1-3-5-7-9-11-13-21(27)23-15-17-25(19-20-26)18-16-24-22(28)14-12-10-8-6-4-2/h9-12,26H,3-8,13-20H2,1-2H3,(H,23,27)(H,24,28)/b11-9+,12-10+. The van der Waals surface area contributed by atoms with Gasteiger partial charge in [0.25, 0.3) is 0 Å². The van der Waals surface area contributed by atoms with Gasteiger partial charge in [0.15, 0.2) is 0 Å². The first kappa shape index (κ1) is 26.3. The molecule has 0 aromatic carbocycles. The van der Waals surface area contributed by atoms with Crippen LogP contribution in [0.5, 0.6) is 0 Å². The Morgan fingerprint density at radius 1 is 0.786 bits per heavy atom. The van der Waals surface area contributed by atoms with Crippen LogP contribution in [-0.2, 0) is 9.59 Å². The number of carbonyl (C=O) groups excluding carboxylic acids is 2. The number of unbranched alkanes of at least 4 members (excludes halogenated alkanes) is 4. The molecule has 0 radical (unpaired) electrons. The number of aliphatic hydroxyl groups is 1. The maximum Gasteiger partial charge on any atom is 0.223 e. The normalized spacial score (nSPS) is 11.6. The number of aliphatic hydroxyl groups excluding tert-OH is 1. The van der Waals surface area contributed by atoms with Crippen molar-refractivity contribution in [3.63, 3.8) is 0 Å². The smallest absolute Gasteiger partial charge is 0.223 e. The summed E-state index contributed by atoms with van der Waals surface area (Å²) in [6.07, 6.45) is 15.4. The fraction of sp³-hybridized carbons (Fsp3) is 0.727. The Kier molecular flexibility index (Phi) is 18.9. The summed E-state index contributed by atoms with van der Waals surface area (Å²) in [5, 5.41) is 15.0. The lowest BCUT2D eigenvalue weighted by atomic mass is 10.2. The molecule has 3 N–H and O–H groups in total. The van der Waals surface area contributed by atoms with Gasteiger partial charge in [0.05, 0.1) is 6.61 Å². The molecule has 2 amide bonds. The van der Waals surface area contributed by atoms with E-state index in [0.717, 1.165) is 38.5 Å². The quantitative estimate of drug-likeness (QED) is 0.246. The number of hydrogen-bond acceptors (Lipinski definition) is 4.